The summed E-state index contributed by atoms with van der Waals surface area (Å²) in [5.41, 5.74) is 4.44. The molecule has 2 rings (SSSR count). The number of aliphatic imine (C=N–C) groups is 1. The molecule has 0 atom stereocenters. The van der Waals surface area contributed by atoms with Crippen LogP contribution in [0.4, 0.5) is 0 Å². The Morgan fingerprint density at radius 3 is 2.56 bits per heavy atom. The highest BCUT2D eigenvalue weighted by atomic mass is 16.5. The van der Waals surface area contributed by atoms with E-state index in [-0.39, 0.29) is 0 Å². The zero-order valence-corrected chi connectivity index (χ0v) is 17.2. The van der Waals surface area contributed by atoms with Gasteiger partial charge in [0.05, 0.1) is 26.5 Å². The molecule has 7 nitrogen and oxygen atoms in total. The van der Waals surface area contributed by atoms with E-state index in [1.54, 1.807) is 14.2 Å². The van der Waals surface area contributed by atoms with Gasteiger partial charge in [-0.25, -0.2) is 4.99 Å². The molecule has 27 heavy (non-hydrogen) atoms. The number of nitrogens with zero attached hydrogens (tertiary/aromatic N) is 3. The van der Waals surface area contributed by atoms with Gasteiger partial charge in [0.25, 0.3) is 0 Å². The van der Waals surface area contributed by atoms with Gasteiger partial charge in [-0.15, -0.1) is 0 Å². The van der Waals surface area contributed by atoms with Gasteiger partial charge in [-0.2, -0.15) is 5.10 Å². The van der Waals surface area contributed by atoms with Crippen molar-refractivity contribution in [2.24, 2.45) is 12.0 Å². The van der Waals surface area contributed by atoms with Gasteiger partial charge in [-0.3, -0.25) is 4.68 Å². The summed E-state index contributed by atoms with van der Waals surface area (Å²) in [6, 6.07) is 5.84. The molecule has 148 valence electrons. The lowest BCUT2D eigenvalue weighted by atomic mass is 10.1. The molecule has 0 aliphatic rings. The van der Waals surface area contributed by atoms with Crippen molar-refractivity contribution in [1.82, 2.24) is 20.4 Å². The number of hydrogen-bond acceptors (Lipinski definition) is 4. The molecule has 1 aromatic carbocycles. The minimum Gasteiger partial charge on any atom is -0.497 e. The second-order valence-corrected chi connectivity index (χ2v) is 6.32. The standard InChI is InChI=1S/C20H31N5O2/c1-7-21-20(23-13-18-14(2)24-25(4)15(18)3)22-11-10-16-12-17(26-5)8-9-19(16)27-6/h8-9,12H,7,10-11,13H2,1-6H3,(H2,21,22,23). The summed E-state index contributed by atoms with van der Waals surface area (Å²) in [5.74, 6) is 2.48. The monoisotopic (exact) mass is 373 g/mol. The van der Waals surface area contributed by atoms with Crippen LogP contribution in [0.1, 0.15) is 29.4 Å². The molecule has 2 N–H and O–H groups in total. The van der Waals surface area contributed by atoms with Crippen LogP contribution in [0.5, 0.6) is 11.5 Å². The van der Waals surface area contributed by atoms with Gasteiger partial charge in [-0.05, 0) is 51.0 Å². The quantitative estimate of drug-likeness (QED) is 0.549. The molecular weight excluding hydrogens is 342 g/mol. The second kappa shape index (κ2) is 9.85. The molecule has 0 spiro atoms. The van der Waals surface area contributed by atoms with Crippen LogP contribution < -0.4 is 20.1 Å². The fourth-order valence-corrected chi connectivity index (χ4v) is 2.94. The summed E-state index contributed by atoms with van der Waals surface area (Å²) in [6.07, 6.45) is 0.801. The molecular formula is C20H31N5O2. The lowest BCUT2D eigenvalue weighted by molar-refractivity contribution is 0.398. The normalized spacial score (nSPS) is 11.4. The smallest absolute Gasteiger partial charge is 0.191 e. The number of benzene rings is 1. The third-order valence-corrected chi connectivity index (χ3v) is 4.57. The Hall–Kier alpha value is -2.70. The molecule has 1 heterocycles. The fraction of sp³-hybridized carbons (Fsp3) is 0.500. The van der Waals surface area contributed by atoms with Gasteiger partial charge in [0, 0.05) is 31.4 Å². The second-order valence-electron chi connectivity index (χ2n) is 6.32. The molecule has 0 amide bonds. The van der Waals surface area contributed by atoms with Gasteiger partial charge in [0.15, 0.2) is 5.96 Å². The number of methoxy groups -OCH3 is 2. The number of ether oxygens (including phenoxy) is 2. The fourth-order valence-electron chi connectivity index (χ4n) is 2.94. The highest BCUT2D eigenvalue weighted by Crippen LogP contribution is 2.24. The average Bonchev–Trinajstić information content (AvgIpc) is 2.91. The largest absolute Gasteiger partial charge is 0.497 e. The number of aryl methyl sites for hydroxylation is 2. The summed E-state index contributed by atoms with van der Waals surface area (Å²) in [4.78, 5) is 4.71. The van der Waals surface area contributed by atoms with E-state index < -0.39 is 0 Å². The predicted octanol–water partition coefficient (Wildman–Crippen LogP) is 2.35. The molecule has 0 radical (unpaired) electrons. The SMILES string of the molecule is CCNC(=NCc1c(C)nn(C)c1C)NCCc1cc(OC)ccc1OC. The van der Waals surface area contributed by atoms with Crippen molar-refractivity contribution >= 4 is 5.96 Å². The van der Waals surface area contributed by atoms with Crippen LogP contribution in [0.25, 0.3) is 0 Å². The Morgan fingerprint density at radius 1 is 1.19 bits per heavy atom. The summed E-state index contributed by atoms with van der Waals surface area (Å²) in [7, 11) is 5.31. The van der Waals surface area contributed by atoms with Crippen LogP contribution in [0, 0.1) is 13.8 Å². The van der Waals surface area contributed by atoms with Gasteiger partial charge >= 0.3 is 0 Å². The van der Waals surface area contributed by atoms with Crippen LogP contribution in [0.15, 0.2) is 23.2 Å². The number of aromatic nitrogens is 2. The van der Waals surface area contributed by atoms with Crippen LogP contribution in [-0.4, -0.2) is 43.0 Å². The van der Waals surface area contributed by atoms with Crippen LogP contribution in [-0.2, 0) is 20.0 Å². The first kappa shape index (κ1) is 20.6. The van der Waals surface area contributed by atoms with Crippen molar-refractivity contribution in [1.29, 1.82) is 0 Å². The summed E-state index contributed by atoms with van der Waals surface area (Å²) < 4.78 is 12.7. The van der Waals surface area contributed by atoms with Crippen molar-refractivity contribution in [2.75, 3.05) is 27.3 Å². The van der Waals surface area contributed by atoms with Gasteiger partial charge in [-0.1, -0.05) is 0 Å². The molecule has 0 fully saturated rings. The Bertz CT molecular complexity index is 783. The lowest BCUT2D eigenvalue weighted by Gasteiger charge is -2.13. The number of hydrogen-bond donors (Lipinski definition) is 2. The van der Waals surface area contributed by atoms with E-state index in [4.69, 9.17) is 14.5 Å². The maximum atomic E-state index is 5.45. The number of nitrogens with one attached hydrogen (secondary N) is 2. The van der Waals surface area contributed by atoms with Crippen molar-refractivity contribution in [3.63, 3.8) is 0 Å². The van der Waals surface area contributed by atoms with Crippen LogP contribution in [0.3, 0.4) is 0 Å². The molecule has 2 aromatic rings. The van der Waals surface area contributed by atoms with E-state index in [0.29, 0.717) is 6.54 Å². The first-order chi connectivity index (χ1) is 13.0. The Morgan fingerprint density at radius 2 is 1.96 bits per heavy atom. The first-order valence-corrected chi connectivity index (χ1v) is 9.22. The molecule has 1 aromatic heterocycles. The zero-order valence-electron chi connectivity index (χ0n) is 17.2. The van der Waals surface area contributed by atoms with Crippen molar-refractivity contribution < 1.29 is 9.47 Å². The Kier molecular flexibility index (Phi) is 7.52. The van der Waals surface area contributed by atoms with E-state index in [1.165, 1.54) is 5.56 Å². The highest BCUT2D eigenvalue weighted by molar-refractivity contribution is 5.79. The van der Waals surface area contributed by atoms with Gasteiger partial charge in [0.2, 0.25) is 0 Å². The van der Waals surface area contributed by atoms with Crippen molar-refractivity contribution in [2.45, 2.75) is 33.7 Å². The van der Waals surface area contributed by atoms with Crippen molar-refractivity contribution in [3.05, 3.63) is 40.7 Å². The van der Waals surface area contributed by atoms with E-state index in [0.717, 1.165) is 53.9 Å². The number of rotatable bonds is 8. The maximum absolute atomic E-state index is 5.45. The summed E-state index contributed by atoms with van der Waals surface area (Å²) in [6.45, 7) is 8.29. The molecule has 0 bridgehead atoms. The van der Waals surface area contributed by atoms with Crippen LogP contribution in [0.2, 0.25) is 0 Å². The van der Waals surface area contributed by atoms with Gasteiger partial charge < -0.3 is 20.1 Å². The molecule has 0 saturated carbocycles. The molecule has 0 saturated heterocycles. The Balaban J connectivity index is 2.02. The third kappa shape index (κ3) is 5.39. The number of guanidine groups is 1. The first-order valence-electron chi connectivity index (χ1n) is 9.22. The maximum Gasteiger partial charge on any atom is 0.191 e. The topological polar surface area (TPSA) is 72.7 Å². The molecule has 7 heteroatoms. The molecule has 0 aliphatic heterocycles. The van der Waals surface area contributed by atoms with E-state index in [2.05, 4.69) is 29.6 Å². The van der Waals surface area contributed by atoms with E-state index in [9.17, 15) is 0 Å². The van der Waals surface area contributed by atoms with Crippen molar-refractivity contribution in [3.8, 4) is 11.5 Å². The van der Waals surface area contributed by atoms with Gasteiger partial charge in [0.1, 0.15) is 11.5 Å². The Labute approximate surface area is 161 Å². The molecule has 0 aliphatic carbocycles. The highest BCUT2D eigenvalue weighted by Gasteiger charge is 2.09. The van der Waals surface area contributed by atoms with E-state index >= 15 is 0 Å². The summed E-state index contributed by atoms with van der Waals surface area (Å²) in [5, 5.41) is 11.1. The third-order valence-electron chi connectivity index (χ3n) is 4.57. The lowest BCUT2D eigenvalue weighted by Crippen LogP contribution is -2.38. The average molecular weight is 374 g/mol. The predicted molar refractivity (Wildman–Crippen MR) is 109 cm³/mol. The minimum absolute atomic E-state index is 0.601. The summed E-state index contributed by atoms with van der Waals surface area (Å²) >= 11 is 0. The minimum atomic E-state index is 0.601. The zero-order chi connectivity index (χ0) is 19.8. The van der Waals surface area contributed by atoms with Crippen LogP contribution >= 0.6 is 0 Å². The van der Waals surface area contributed by atoms with E-state index in [1.807, 2.05) is 36.9 Å². The molecule has 0 unspecified atom stereocenters.